The van der Waals surface area contributed by atoms with Crippen molar-refractivity contribution in [1.82, 2.24) is 9.13 Å². The van der Waals surface area contributed by atoms with E-state index >= 15 is 0 Å². The van der Waals surface area contributed by atoms with Crippen molar-refractivity contribution in [2.45, 2.75) is 25.6 Å². The van der Waals surface area contributed by atoms with Crippen LogP contribution in [0.1, 0.15) is 29.9 Å². The lowest BCUT2D eigenvalue weighted by molar-refractivity contribution is -0.159. The number of rotatable bonds is 4. The second kappa shape index (κ2) is 7.98. The van der Waals surface area contributed by atoms with Crippen LogP contribution >= 0.6 is 11.6 Å². The summed E-state index contributed by atoms with van der Waals surface area (Å²) in [6, 6.07) is 3.57. The Morgan fingerprint density at radius 1 is 1.10 bits per heavy atom. The number of aromatic nitrogens is 2. The molecule has 0 spiro atoms. The van der Waals surface area contributed by atoms with Crippen LogP contribution in [0.5, 0.6) is 0 Å². The van der Waals surface area contributed by atoms with Crippen molar-refractivity contribution in [2.75, 3.05) is 7.11 Å². The lowest BCUT2D eigenvalue weighted by Crippen LogP contribution is -2.41. The van der Waals surface area contributed by atoms with Gasteiger partial charge in [0.25, 0.3) is 5.56 Å². The molecule has 0 bridgehead atoms. The molecule has 162 valence electrons. The van der Waals surface area contributed by atoms with Crippen molar-refractivity contribution in [1.29, 1.82) is 0 Å². The molecule has 1 aromatic carbocycles. The summed E-state index contributed by atoms with van der Waals surface area (Å²) in [7, 11) is 1.95. The number of methoxy groups -OCH3 is 1. The Kier molecular flexibility index (Phi) is 6.17. The average molecular weight is 449 g/mol. The highest BCUT2D eigenvalue weighted by atomic mass is 35.5. The van der Waals surface area contributed by atoms with Gasteiger partial charge in [-0.1, -0.05) is 11.6 Å². The number of esters is 2. The molecule has 30 heavy (non-hydrogen) atoms. The summed E-state index contributed by atoms with van der Waals surface area (Å²) in [6.45, 7) is 2.54. The third-order valence-electron chi connectivity index (χ3n) is 4.06. The Labute approximate surface area is 172 Å². The first-order valence-electron chi connectivity index (χ1n) is 8.22. The summed E-state index contributed by atoms with van der Waals surface area (Å²) >= 11 is 5.98. The summed E-state index contributed by atoms with van der Waals surface area (Å²) in [5, 5.41) is -0.138. The van der Waals surface area contributed by atoms with Gasteiger partial charge in [0.15, 0.2) is 0 Å². The van der Waals surface area contributed by atoms with Gasteiger partial charge in [-0.25, -0.2) is 19.0 Å². The molecular formula is C18H16ClF3N2O6. The minimum Gasteiger partial charge on any atom is -0.466 e. The van der Waals surface area contributed by atoms with Gasteiger partial charge in [-0.15, -0.1) is 0 Å². The summed E-state index contributed by atoms with van der Waals surface area (Å²) in [5.41, 5.74) is -6.19. The molecule has 0 radical (unpaired) electrons. The largest absolute Gasteiger partial charge is 0.466 e. The van der Waals surface area contributed by atoms with E-state index in [4.69, 9.17) is 16.3 Å². The van der Waals surface area contributed by atoms with Crippen LogP contribution in [0.3, 0.4) is 0 Å². The first kappa shape index (κ1) is 23.2. The summed E-state index contributed by atoms with van der Waals surface area (Å²) in [5.74, 6) is -1.93. The van der Waals surface area contributed by atoms with Crippen LogP contribution in [0, 0.1) is 0 Å². The van der Waals surface area contributed by atoms with Gasteiger partial charge in [-0.3, -0.25) is 9.36 Å². The number of benzene rings is 1. The highest BCUT2D eigenvalue weighted by Gasteiger charge is 2.36. The standard InChI is InChI=1S/C18H16ClF3N2O6/c1-17(2,15(27)29-4)30-14(26)10-7-9(5-6-11(10)19)24-13(25)8-12(18(20,21)22)23(3)16(24)28/h5-8H,1-4H3. The van der Waals surface area contributed by atoms with Gasteiger partial charge < -0.3 is 9.47 Å². The zero-order valence-corrected chi connectivity index (χ0v) is 16.9. The molecule has 0 atom stereocenters. The van der Waals surface area contributed by atoms with E-state index in [2.05, 4.69) is 4.74 Å². The molecule has 12 heteroatoms. The molecule has 0 aliphatic heterocycles. The number of carbonyl (C=O) groups excluding carboxylic acids is 2. The van der Waals surface area contributed by atoms with Gasteiger partial charge in [-0.05, 0) is 32.0 Å². The molecule has 2 rings (SSSR count). The molecule has 1 heterocycles. The molecular weight excluding hydrogens is 433 g/mol. The van der Waals surface area contributed by atoms with Gasteiger partial charge in [0.05, 0.1) is 23.4 Å². The maximum atomic E-state index is 13.0. The van der Waals surface area contributed by atoms with E-state index in [0.29, 0.717) is 4.57 Å². The molecule has 0 unspecified atom stereocenters. The third kappa shape index (κ3) is 4.40. The van der Waals surface area contributed by atoms with E-state index in [1.54, 1.807) is 0 Å². The summed E-state index contributed by atoms with van der Waals surface area (Å²) < 4.78 is 49.3. The molecule has 1 aromatic heterocycles. The topological polar surface area (TPSA) is 96.6 Å². The first-order chi connectivity index (χ1) is 13.7. The minimum absolute atomic E-state index is 0.138. The van der Waals surface area contributed by atoms with Crippen molar-refractivity contribution >= 4 is 23.5 Å². The number of halogens is 4. The molecule has 0 aliphatic rings. The second-order valence-corrected chi connectivity index (χ2v) is 7.01. The van der Waals surface area contributed by atoms with Crippen LogP contribution in [-0.4, -0.2) is 33.8 Å². The molecule has 0 aliphatic carbocycles. The summed E-state index contributed by atoms with van der Waals surface area (Å²) in [6.07, 6.45) is -4.92. The van der Waals surface area contributed by atoms with Crippen molar-refractivity contribution in [3.8, 4) is 5.69 Å². The van der Waals surface area contributed by atoms with Crippen LogP contribution < -0.4 is 11.2 Å². The molecule has 0 saturated heterocycles. The normalized spacial score (nSPS) is 11.9. The van der Waals surface area contributed by atoms with E-state index in [9.17, 15) is 32.3 Å². The Bertz CT molecular complexity index is 1130. The summed E-state index contributed by atoms with van der Waals surface area (Å²) in [4.78, 5) is 48.8. The Hall–Kier alpha value is -3.08. The predicted molar refractivity (Wildman–Crippen MR) is 98.8 cm³/mol. The van der Waals surface area contributed by atoms with Crippen LogP contribution in [0.15, 0.2) is 33.9 Å². The third-order valence-corrected chi connectivity index (χ3v) is 4.39. The lowest BCUT2D eigenvalue weighted by atomic mass is 10.1. The Morgan fingerprint density at radius 3 is 2.23 bits per heavy atom. The number of nitrogens with zero attached hydrogens (tertiary/aromatic N) is 2. The fourth-order valence-corrected chi connectivity index (χ4v) is 2.71. The number of alkyl halides is 3. The number of hydrogen-bond donors (Lipinski definition) is 0. The van der Waals surface area contributed by atoms with Crippen molar-refractivity contribution in [3.63, 3.8) is 0 Å². The number of ether oxygens (including phenoxy) is 2. The number of hydrogen-bond acceptors (Lipinski definition) is 6. The number of carbonyl (C=O) groups is 2. The van der Waals surface area contributed by atoms with Crippen molar-refractivity contribution in [3.05, 3.63) is 61.4 Å². The maximum absolute atomic E-state index is 13.0. The van der Waals surface area contributed by atoms with Gasteiger partial charge in [0.2, 0.25) is 5.60 Å². The van der Waals surface area contributed by atoms with Crippen molar-refractivity contribution < 1.29 is 32.2 Å². The van der Waals surface area contributed by atoms with E-state index in [1.807, 2.05) is 0 Å². The highest BCUT2D eigenvalue weighted by Crippen LogP contribution is 2.27. The van der Waals surface area contributed by atoms with Crippen molar-refractivity contribution in [2.24, 2.45) is 7.05 Å². The Morgan fingerprint density at radius 2 is 1.70 bits per heavy atom. The molecule has 0 fully saturated rings. The van der Waals surface area contributed by atoms with E-state index in [-0.39, 0.29) is 26.9 Å². The fraction of sp³-hybridized carbons (Fsp3) is 0.333. The first-order valence-corrected chi connectivity index (χ1v) is 8.60. The average Bonchev–Trinajstić information content (AvgIpc) is 2.63. The van der Waals surface area contributed by atoms with E-state index in [1.165, 1.54) is 19.9 Å². The molecule has 0 amide bonds. The maximum Gasteiger partial charge on any atom is 0.431 e. The SMILES string of the molecule is COC(=O)C(C)(C)OC(=O)c1cc(-n2c(=O)cc(C(F)(F)F)n(C)c2=O)ccc1Cl. The second-order valence-electron chi connectivity index (χ2n) is 6.60. The zero-order chi connectivity index (χ0) is 23.0. The van der Waals surface area contributed by atoms with E-state index in [0.717, 1.165) is 26.3 Å². The van der Waals surface area contributed by atoms with Crippen LogP contribution in [0.2, 0.25) is 5.02 Å². The van der Waals surface area contributed by atoms with Gasteiger partial charge in [0.1, 0.15) is 5.69 Å². The monoisotopic (exact) mass is 448 g/mol. The van der Waals surface area contributed by atoms with Gasteiger partial charge in [-0.2, -0.15) is 13.2 Å². The fourth-order valence-electron chi connectivity index (χ4n) is 2.52. The highest BCUT2D eigenvalue weighted by molar-refractivity contribution is 6.33. The lowest BCUT2D eigenvalue weighted by Gasteiger charge is -2.22. The zero-order valence-electron chi connectivity index (χ0n) is 16.2. The van der Waals surface area contributed by atoms with E-state index < -0.39 is 40.7 Å². The van der Waals surface area contributed by atoms with Gasteiger partial charge in [0, 0.05) is 13.1 Å². The molecule has 0 saturated carbocycles. The quantitative estimate of drug-likeness (QED) is 0.666. The molecule has 0 N–H and O–H groups in total. The van der Waals surface area contributed by atoms with Crippen LogP contribution in [-0.2, 0) is 27.5 Å². The predicted octanol–water partition coefficient (Wildman–Crippen LogP) is 2.32. The smallest absolute Gasteiger partial charge is 0.431 e. The van der Waals surface area contributed by atoms with Crippen LogP contribution in [0.4, 0.5) is 13.2 Å². The van der Waals surface area contributed by atoms with Gasteiger partial charge >= 0.3 is 23.8 Å². The molecule has 2 aromatic rings. The Balaban J connectivity index is 2.59. The molecule has 8 nitrogen and oxygen atoms in total. The minimum atomic E-state index is -4.92. The van der Waals surface area contributed by atoms with Crippen LogP contribution in [0.25, 0.3) is 5.69 Å².